The largest absolute Gasteiger partial charge is 0.466 e. The molecular formula is C17H27NO4. The lowest BCUT2D eigenvalue weighted by molar-refractivity contribution is -0.147. The third kappa shape index (κ3) is 6.56. The average molecular weight is 309 g/mol. The van der Waals surface area contributed by atoms with Crippen LogP contribution in [0, 0.1) is 0 Å². The molecule has 0 fully saturated rings. The lowest BCUT2D eigenvalue weighted by atomic mass is 10.0. The summed E-state index contributed by atoms with van der Waals surface area (Å²) >= 11 is 0. The number of esters is 1. The predicted octanol–water partition coefficient (Wildman–Crippen LogP) is 1.92. The van der Waals surface area contributed by atoms with Gasteiger partial charge in [-0.2, -0.15) is 0 Å². The molecule has 0 aliphatic heterocycles. The quantitative estimate of drug-likeness (QED) is 0.671. The molecule has 0 aliphatic carbocycles. The molecule has 0 amide bonds. The normalized spacial score (nSPS) is 14.5. The van der Waals surface area contributed by atoms with Crippen molar-refractivity contribution in [3.05, 3.63) is 35.4 Å². The van der Waals surface area contributed by atoms with E-state index in [0.29, 0.717) is 5.56 Å². The van der Waals surface area contributed by atoms with E-state index in [2.05, 4.69) is 26.1 Å². The van der Waals surface area contributed by atoms with Crippen LogP contribution in [0.1, 0.15) is 51.3 Å². The van der Waals surface area contributed by atoms with Crippen molar-refractivity contribution in [3.63, 3.8) is 0 Å². The Balaban J connectivity index is 2.59. The highest BCUT2D eigenvalue weighted by molar-refractivity contribution is 5.70. The molecule has 1 rings (SSSR count). The van der Waals surface area contributed by atoms with Crippen molar-refractivity contribution in [3.8, 4) is 0 Å². The lowest BCUT2D eigenvalue weighted by Crippen LogP contribution is -2.35. The molecule has 1 aromatic rings. The van der Waals surface area contributed by atoms with E-state index in [1.165, 1.54) is 0 Å². The fourth-order valence-electron chi connectivity index (χ4n) is 1.92. The number of ether oxygens (including phenoxy) is 1. The number of aliphatic hydroxyl groups excluding tert-OH is 2. The molecule has 0 bridgehead atoms. The first-order valence-electron chi connectivity index (χ1n) is 7.58. The SMILES string of the molecule is CCOC(=O)CC(O)C(O)c1ccc(CNC(C)(C)C)cc1. The minimum absolute atomic E-state index is 0.0357. The van der Waals surface area contributed by atoms with Gasteiger partial charge in [0, 0.05) is 12.1 Å². The summed E-state index contributed by atoms with van der Waals surface area (Å²) in [7, 11) is 0. The van der Waals surface area contributed by atoms with E-state index in [4.69, 9.17) is 4.74 Å². The van der Waals surface area contributed by atoms with Gasteiger partial charge >= 0.3 is 5.97 Å². The van der Waals surface area contributed by atoms with E-state index in [9.17, 15) is 15.0 Å². The van der Waals surface area contributed by atoms with Crippen LogP contribution in [-0.2, 0) is 16.1 Å². The predicted molar refractivity (Wildman–Crippen MR) is 85.3 cm³/mol. The second kappa shape index (κ2) is 8.27. The highest BCUT2D eigenvalue weighted by Crippen LogP contribution is 2.20. The summed E-state index contributed by atoms with van der Waals surface area (Å²) in [5.41, 5.74) is 1.70. The molecule has 22 heavy (non-hydrogen) atoms. The molecule has 0 heterocycles. The maximum atomic E-state index is 11.3. The van der Waals surface area contributed by atoms with Crippen molar-refractivity contribution >= 4 is 5.97 Å². The molecule has 0 aromatic heterocycles. The van der Waals surface area contributed by atoms with Gasteiger partial charge in [-0.3, -0.25) is 4.79 Å². The van der Waals surface area contributed by atoms with Gasteiger partial charge in [0.2, 0.25) is 0 Å². The fraction of sp³-hybridized carbons (Fsp3) is 0.588. The van der Waals surface area contributed by atoms with Gasteiger partial charge < -0.3 is 20.3 Å². The number of hydrogen-bond donors (Lipinski definition) is 3. The number of rotatable bonds is 7. The van der Waals surface area contributed by atoms with E-state index in [0.717, 1.165) is 12.1 Å². The zero-order valence-corrected chi connectivity index (χ0v) is 13.8. The van der Waals surface area contributed by atoms with Gasteiger partial charge in [-0.25, -0.2) is 0 Å². The van der Waals surface area contributed by atoms with E-state index < -0.39 is 18.2 Å². The number of aliphatic hydroxyl groups is 2. The first kappa shape index (κ1) is 18.6. The molecule has 0 radical (unpaired) electrons. The van der Waals surface area contributed by atoms with E-state index >= 15 is 0 Å². The highest BCUT2D eigenvalue weighted by atomic mass is 16.5. The van der Waals surface area contributed by atoms with Crippen LogP contribution in [0.25, 0.3) is 0 Å². The lowest BCUT2D eigenvalue weighted by Gasteiger charge is -2.21. The molecule has 2 unspecified atom stereocenters. The third-order valence-corrected chi connectivity index (χ3v) is 3.19. The van der Waals surface area contributed by atoms with Crippen molar-refractivity contribution in [2.75, 3.05) is 6.61 Å². The topological polar surface area (TPSA) is 78.8 Å². The van der Waals surface area contributed by atoms with Gasteiger partial charge in [0.1, 0.15) is 6.10 Å². The van der Waals surface area contributed by atoms with Crippen LogP contribution in [0.4, 0.5) is 0 Å². The molecular weight excluding hydrogens is 282 g/mol. The number of carbonyl (C=O) groups excluding carboxylic acids is 1. The maximum absolute atomic E-state index is 11.3. The van der Waals surface area contributed by atoms with Crippen molar-refractivity contribution < 1.29 is 19.7 Å². The van der Waals surface area contributed by atoms with Gasteiger partial charge in [-0.05, 0) is 38.8 Å². The molecule has 0 saturated heterocycles. The molecule has 3 N–H and O–H groups in total. The van der Waals surface area contributed by atoms with Crippen LogP contribution >= 0.6 is 0 Å². The molecule has 124 valence electrons. The standard InChI is InChI=1S/C17H27NO4/c1-5-22-15(20)10-14(19)16(21)13-8-6-12(7-9-13)11-18-17(2,3)4/h6-9,14,16,18-19,21H,5,10-11H2,1-4H3. The highest BCUT2D eigenvalue weighted by Gasteiger charge is 2.22. The van der Waals surface area contributed by atoms with Crippen LogP contribution in [0.3, 0.4) is 0 Å². The molecule has 5 nitrogen and oxygen atoms in total. The van der Waals surface area contributed by atoms with E-state index in [-0.39, 0.29) is 18.6 Å². The third-order valence-electron chi connectivity index (χ3n) is 3.19. The van der Waals surface area contributed by atoms with Crippen LogP contribution in [-0.4, -0.2) is 34.4 Å². The smallest absolute Gasteiger partial charge is 0.308 e. The van der Waals surface area contributed by atoms with Crippen LogP contribution < -0.4 is 5.32 Å². The molecule has 5 heteroatoms. The average Bonchev–Trinajstić information content (AvgIpc) is 2.44. The Bertz CT molecular complexity index is 465. The van der Waals surface area contributed by atoms with Crippen LogP contribution in [0.2, 0.25) is 0 Å². The number of benzene rings is 1. The van der Waals surface area contributed by atoms with Crippen molar-refractivity contribution in [1.29, 1.82) is 0 Å². The van der Waals surface area contributed by atoms with Crippen molar-refractivity contribution in [2.45, 2.75) is 58.4 Å². The molecule has 0 spiro atoms. The van der Waals surface area contributed by atoms with Gasteiger partial charge in [-0.1, -0.05) is 24.3 Å². The minimum Gasteiger partial charge on any atom is -0.466 e. The summed E-state index contributed by atoms with van der Waals surface area (Å²) in [6.07, 6.45) is -2.49. The monoisotopic (exact) mass is 309 g/mol. The second-order valence-electron chi connectivity index (χ2n) is 6.37. The van der Waals surface area contributed by atoms with E-state index in [1.54, 1.807) is 19.1 Å². The van der Waals surface area contributed by atoms with E-state index in [1.807, 2.05) is 12.1 Å². The summed E-state index contributed by atoms with van der Waals surface area (Å²) in [4.78, 5) is 11.3. The second-order valence-corrected chi connectivity index (χ2v) is 6.37. The molecule has 0 aliphatic rings. The van der Waals surface area contributed by atoms with Gasteiger partial charge in [0.15, 0.2) is 0 Å². The Kier molecular flexibility index (Phi) is 7.00. The molecule has 2 atom stereocenters. The zero-order valence-electron chi connectivity index (χ0n) is 13.8. The zero-order chi connectivity index (χ0) is 16.8. The van der Waals surface area contributed by atoms with Crippen LogP contribution in [0.5, 0.6) is 0 Å². The Morgan fingerprint density at radius 3 is 2.32 bits per heavy atom. The first-order valence-corrected chi connectivity index (χ1v) is 7.58. The first-order chi connectivity index (χ1) is 10.2. The summed E-state index contributed by atoms with van der Waals surface area (Å²) in [5.74, 6) is -0.514. The van der Waals surface area contributed by atoms with Crippen molar-refractivity contribution in [1.82, 2.24) is 5.32 Å². The summed E-state index contributed by atoms with van der Waals surface area (Å²) < 4.78 is 4.76. The van der Waals surface area contributed by atoms with Gasteiger partial charge in [0.05, 0.1) is 19.1 Å². The van der Waals surface area contributed by atoms with Crippen LogP contribution in [0.15, 0.2) is 24.3 Å². The minimum atomic E-state index is -1.17. The number of carbonyl (C=O) groups is 1. The Morgan fingerprint density at radius 1 is 1.23 bits per heavy atom. The number of nitrogens with one attached hydrogen (secondary N) is 1. The Morgan fingerprint density at radius 2 is 1.82 bits per heavy atom. The van der Waals surface area contributed by atoms with Gasteiger partial charge in [0.25, 0.3) is 0 Å². The molecule has 0 saturated carbocycles. The summed E-state index contributed by atoms with van der Waals surface area (Å²) in [6.45, 7) is 8.97. The van der Waals surface area contributed by atoms with Gasteiger partial charge in [-0.15, -0.1) is 0 Å². The molecule has 1 aromatic carbocycles. The fourth-order valence-corrected chi connectivity index (χ4v) is 1.92. The summed E-state index contributed by atoms with van der Waals surface area (Å²) in [6, 6.07) is 7.32. The Labute approximate surface area is 132 Å². The number of hydrogen-bond acceptors (Lipinski definition) is 5. The maximum Gasteiger partial charge on any atom is 0.308 e. The summed E-state index contributed by atoms with van der Waals surface area (Å²) in [5, 5.41) is 23.3. The Hall–Kier alpha value is -1.43. The van der Waals surface area contributed by atoms with Crippen molar-refractivity contribution in [2.24, 2.45) is 0 Å².